The maximum absolute atomic E-state index is 15.7. The number of hydrogen-bond donors (Lipinski definition) is 0. The Kier molecular flexibility index (Phi) is 21.0. The maximum Gasteiger partial charge on any atom is 0.262 e. The molecule has 14 nitrogen and oxygen atoms in total. The van der Waals surface area contributed by atoms with Crippen LogP contribution in [0.25, 0.3) is 58.9 Å². The van der Waals surface area contributed by atoms with E-state index in [2.05, 4.69) is 46.4 Å². The van der Waals surface area contributed by atoms with Crippen molar-refractivity contribution in [3.05, 3.63) is 201 Å². The van der Waals surface area contributed by atoms with Gasteiger partial charge in [-0.2, -0.15) is 57.9 Å². The average molecular weight is 1350 g/mol. The first kappa shape index (κ1) is 67.9. The normalized spacial score (nSPS) is 10.5. The quantitative estimate of drug-likeness (QED) is 0.0893. The van der Waals surface area contributed by atoms with Crippen LogP contribution in [0.4, 0.5) is 90.4 Å². The zero-order valence-corrected chi connectivity index (χ0v) is 44.0. The molecule has 0 aliphatic heterocycles. The lowest BCUT2D eigenvalue weighted by Crippen LogP contribution is -2.28. The summed E-state index contributed by atoms with van der Waals surface area (Å²) < 4.78 is 260. The highest BCUT2D eigenvalue weighted by molar-refractivity contribution is 9.11. The van der Waals surface area contributed by atoms with Crippen LogP contribution in [0, 0.1) is 249 Å². The molecule has 426 valence electrons. The van der Waals surface area contributed by atoms with Gasteiger partial charge in [-0.05, 0) is 31.9 Å². The Balaban J connectivity index is 0.000000307. The van der Waals surface area contributed by atoms with Crippen LogP contribution in [0.2, 0.25) is 0 Å². The number of nitrogens with zero attached hydrogens (tertiary/aromatic N) is 14. The molecule has 0 aliphatic carbocycles. The van der Waals surface area contributed by atoms with E-state index in [0.29, 0.717) is 0 Å². The molecule has 0 bridgehead atoms. The molecule has 88 heavy (non-hydrogen) atoms. The summed E-state index contributed by atoms with van der Waals surface area (Å²) in [7, 11) is 0. The van der Waals surface area contributed by atoms with E-state index < -0.39 is 223 Å². The van der Waals surface area contributed by atoms with Gasteiger partial charge >= 0.3 is 0 Å². The Morgan fingerprint density at radius 3 is 0.920 bits per heavy atom. The third-order valence-corrected chi connectivity index (χ3v) is 12.5. The first-order valence-electron chi connectivity index (χ1n) is 21.1. The van der Waals surface area contributed by atoms with E-state index in [4.69, 9.17) is 67.1 Å². The van der Waals surface area contributed by atoms with Gasteiger partial charge in [-0.15, -0.1) is 0 Å². The fraction of sp³-hybridized carbons (Fsp3) is 0. The van der Waals surface area contributed by atoms with Crippen molar-refractivity contribution < 1.29 is 79.0 Å². The minimum atomic E-state index is -2.48. The number of benzene rings is 6. The summed E-state index contributed by atoms with van der Waals surface area (Å²) >= 11 is 5.47. The van der Waals surface area contributed by atoms with E-state index in [1.165, 1.54) is 24.3 Å². The highest BCUT2D eigenvalue weighted by atomic mass is 79.9. The molecule has 0 aliphatic rings. The molecule has 0 aromatic heterocycles. The van der Waals surface area contributed by atoms with Crippen molar-refractivity contribution in [2.75, 3.05) is 0 Å². The predicted octanol–water partition coefficient (Wildman–Crippen LogP) is 9.68. The molecular formula is C54Br2F18N14. The minimum Gasteiger partial charge on any atom is -0.238 e. The van der Waals surface area contributed by atoms with Crippen molar-refractivity contribution in [1.29, 1.82) is 57.9 Å². The SMILES string of the molecule is N#CC(C#N)=c1c(F)c(Br)c(=C(C#N)C#N)c(F)c1Br.N#CC(C#N)=c1c(F)c(F)c2c(F)c(=C(C#N)C#N)c(F)c(F)c2c1F.[C-]#[N+]/C(c1c(F)c(F)c(C#N)c(F)c1F)=c1/c(F)c(C#N)/c(=C(\C#N)c2c(F)c(F)c([N+]#[C-])c(F)c2F)c(F)c1[N+]#[C-]. The van der Waals surface area contributed by atoms with E-state index in [1.54, 1.807) is 0 Å². The van der Waals surface area contributed by atoms with Gasteiger partial charge in [-0.3, -0.25) is 0 Å². The number of rotatable bonds is 2. The molecule has 0 saturated carbocycles. The zero-order chi connectivity index (χ0) is 67.0. The molecule has 0 spiro atoms. The Morgan fingerprint density at radius 2 is 0.625 bits per heavy atom. The van der Waals surface area contributed by atoms with Crippen LogP contribution < -0.4 is 31.3 Å². The highest BCUT2D eigenvalue weighted by Crippen LogP contribution is 2.35. The lowest BCUT2D eigenvalue weighted by molar-refractivity contribution is 0.446. The lowest BCUT2D eigenvalue weighted by atomic mass is 9.95. The van der Waals surface area contributed by atoms with Crippen LogP contribution in [0.5, 0.6) is 0 Å². The van der Waals surface area contributed by atoms with Gasteiger partial charge < -0.3 is 0 Å². The van der Waals surface area contributed by atoms with Crippen molar-refractivity contribution in [3.8, 4) is 66.8 Å². The van der Waals surface area contributed by atoms with Gasteiger partial charge in [-0.1, -0.05) is 0 Å². The minimum absolute atomic E-state index is 0.505. The number of halogens is 20. The van der Waals surface area contributed by atoms with Crippen molar-refractivity contribution in [2.45, 2.75) is 0 Å². The van der Waals surface area contributed by atoms with Crippen molar-refractivity contribution in [1.82, 2.24) is 0 Å². The van der Waals surface area contributed by atoms with Gasteiger partial charge in [0.15, 0.2) is 75.5 Å². The van der Waals surface area contributed by atoms with E-state index in [1.807, 2.05) is 0 Å². The van der Waals surface area contributed by atoms with Crippen LogP contribution >= 0.6 is 31.9 Å². The van der Waals surface area contributed by atoms with E-state index in [-0.39, 0.29) is 0 Å². The number of nitriles is 11. The third kappa shape index (κ3) is 10.9. The molecule has 0 amide bonds. The third-order valence-electron chi connectivity index (χ3n) is 11.1. The summed E-state index contributed by atoms with van der Waals surface area (Å²) in [4.78, 5) is 7.21. The first-order chi connectivity index (χ1) is 41.5. The van der Waals surface area contributed by atoms with E-state index in [0.717, 1.165) is 42.5 Å². The Bertz CT molecular complexity index is 4870. The summed E-state index contributed by atoms with van der Waals surface area (Å²) in [6, 6.07) is 12.5. The second kappa shape index (κ2) is 27.2. The molecule has 6 aromatic rings. The Labute approximate surface area is 490 Å². The zero-order valence-electron chi connectivity index (χ0n) is 40.8. The molecule has 0 atom stereocenters. The molecule has 0 N–H and O–H groups in total. The summed E-state index contributed by atoms with van der Waals surface area (Å²) in [6.07, 6.45) is 0. The topological polar surface area (TPSA) is 275 Å². The second-order valence-electron chi connectivity index (χ2n) is 15.3. The summed E-state index contributed by atoms with van der Waals surface area (Å²) in [6.45, 7) is 21.0. The van der Waals surface area contributed by atoms with Crippen molar-refractivity contribution in [3.63, 3.8) is 0 Å². The van der Waals surface area contributed by atoms with Gasteiger partial charge in [-0.25, -0.2) is 93.6 Å². The Hall–Kier alpha value is -12.6. The van der Waals surface area contributed by atoms with E-state index in [9.17, 15) is 80.8 Å². The lowest BCUT2D eigenvalue weighted by Gasteiger charge is -2.12. The second-order valence-corrected chi connectivity index (χ2v) is 16.9. The molecule has 0 radical (unpaired) electrons. The molecule has 0 unspecified atom stereocenters. The van der Waals surface area contributed by atoms with Gasteiger partial charge in [0.2, 0.25) is 5.69 Å². The molecule has 0 fully saturated rings. The monoisotopic (exact) mass is 1340 g/mol. The highest BCUT2D eigenvalue weighted by Gasteiger charge is 2.34. The largest absolute Gasteiger partial charge is 0.262 e. The fourth-order valence-electron chi connectivity index (χ4n) is 7.26. The van der Waals surface area contributed by atoms with Gasteiger partial charge in [0.1, 0.15) is 130 Å². The molecule has 34 heteroatoms. The van der Waals surface area contributed by atoms with Crippen molar-refractivity contribution >= 4 is 87.6 Å². The summed E-state index contributed by atoms with van der Waals surface area (Å²) in [5.41, 5.74) is -19.0. The molecular weight excluding hydrogens is 1350 g/mol. The standard InChI is InChI=1S/C26F10N6.C16F6N4.C12Br2F2N4/c1-40-24(12-19(32)15(28)9(6-39)16(29)20(12)33)13-14(27)8(5-38)10(21(34)25(13)41-2)7(4-37)11-17(30)22(35)26(42-3)23(36)18(11)31;17-11-7(5(1-23)2-24)13(19)15(21)10-9(11)16(22)14(20)8(12(10)18)6(3-25)4-26;13-9-7(5(1-17)2-18)11(15)10(14)8(12(9)16)6(3-19)4-20/b10-7-,24-13-;;. The molecule has 0 heterocycles. The van der Waals surface area contributed by atoms with Crippen LogP contribution in [-0.2, 0) is 0 Å². The average Bonchev–Trinajstić information content (AvgIpc) is 0.925. The first-order valence-corrected chi connectivity index (χ1v) is 22.7. The number of fused-ring (bicyclic) bond motifs is 1. The van der Waals surface area contributed by atoms with Gasteiger partial charge in [0, 0.05) is 10.4 Å². The van der Waals surface area contributed by atoms with Gasteiger partial charge in [0.05, 0.1) is 82.6 Å². The van der Waals surface area contributed by atoms with Crippen LogP contribution in [0.1, 0.15) is 22.3 Å². The molecule has 6 aromatic carbocycles. The number of hydrogen-bond acceptors (Lipinski definition) is 11. The van der Waals surface area contributed by atoms with Crippen LogP contribution in [0.3, 0.4) is 0 Å². The van der Waals surface area contributed by atoms with E-state index >= 15 is 8.78 Å². The van der Waals surface area contributed by atoms with Crippen LogP contribution in [-0.4, -0.2) is 0 Å². The van der Waals surface area contributed by atoms with Gasteiger partial charge in [0.25, 0.3) is 5.69 Å². The summed E-state index contributed by atoms with van der Waals surface area (Å²) in [5, 5.41) is 85.9. The smallest absolute Gasteiger partial charge is 0.238 e. The summed E-state index contributed by atoms with van der Waals surface area (Å²) in [5.74, 6) is -39.3. The van der Waals surface area contributed by atoms with Crippen molar-refractivity contribution in [2.24, 2.45) is 0 Å². The molecule has 0 saturated heterocycles. The predicted molar refractivity (Wildman–Crippen MR) is 260 cm³/mol. The van der Waals surface area contributed by atoms with Crippen LogP contribution in [0.15, 0.2) is 8.95 Å². The maximum atomic E-state index is 15.7. The molecule has 6 rings (SSSR count). The fourth-order valence-corrected chi connectivity index (χ4v) is 8.40. The Morgan fingerprint density at radius 1 is 0.295 bits per heavy atom.